The predicted molar refractivity (Wildman–Crippen MR) is 77.3 cm³/mol. The molecular weight excluding hydrogens is 260 g/mol. The normalized spacial score (nSPS) is 18.7. The third-order valence-electron chi connectivity index (χ3n) is 3.54. The van der Waals surface area contributed by atoms with Gasteiger partial charge >= 0.3 is 0 Å². The topological polar surface area (TPSA) is 50.3 Å². The van der Waals surface area contributed by atoms with Crippen molar-refractivity contribution in [3.8, 4) is 0 Å². The van der Waals surface area contributed by atoms with Gasteiger partial charge in [-0.2, -0.15) is 0 Å². The van der Waals surface area contributed by atoms with E-state index in [0.29, 0.717) is 13.1 Å². The average molecular weight is 276 g/mol. The van der Waals surface area contributed by atoms with E-state index in [-0.39, 0.29) is 11.5 Å². The smallest absolute Gasteiger partial charge is 0.153 e. The largest absolute Gasteiger partial charge is 0.354 e. The number of rotatable bonds is 1. The van der Waals surface area contributed by atoms with E-state index in [2.05, 4.69) is 35.0 Å². The van der Waals surface area contributed by atoms with Crippen LogP contribution < -0.4 is 4.90 Å². The van der Waals surface area contributed by atoms with Gasteiger partial charge in [-0.25, -0.2) is 13.4 Å². The van der Waals surface area contributed by atoms with Crippen molar-refractivity contribution in [3.63, 3.8) is 0 Å². The maximum Gasteiger partial charge on any atom is 0.153 e. The zero-order valence-corrected chi connectivity index (χ0v) is 11.7. The van der Waals surface area contributed by atoms with Crippen molar-refractivity contribution in [1.82, 2.24) is 4.98 Å². The van der Waals surface area contributed by atoms with Gasteiger partial charge in [-0.05, 0) is 24.4 Å². The molecule has 100 valence electrons. The summed E-state index contributed by atoms with van der Waals surface area (Å²) >= 11 is 0. The molecule has 3 rings (SSSR count). The fourth-order valence-corrected chi connectivity index (χ4v) is 3.64. The lowest BCUT2D eigenvalue weighted by Gasteiger charge is -2.28. The molecule has 1 aromatic heterocycles. The summed E-state index contributed by atoms with van der Waals surface area (Å²) in [5, 5.41) is 2.24. The van der Waals surface area contributed by atoms with Gasteiger partial charge in [-0.1, -0.05) is 17.7 Å². The number of anilines is 1. The van der Waals surface area contributed by atoms with E-state index in [1.165, 1.54) is 5.56 Å². The molecule has 0 spiro atoms. The minimum absolute atomic E-state index is 0.219. The first-order chi connectivity index (χ1) is 9.05. The SMILES string of the molecule is Cc1ccc2ccnc(N3CCS(=O)(=O)CC3)c2c1. The van der Waals surface area contributed by atoms with Crippen molar-refractivity contribution in [3.05, 3.63) is 36.0 Å². The van der Waals surface area contributed by atoms with Gasteiger partial charge in [0, 0.05) is 24.7 Å². The van der Waals surface area contributed by atoms with Crippen LogP contribution in [-0.2, 0) is 9.84 Å². The van der Waals surface area contributed by atoms with Crippen molar-refractivity contribution in [2.75, 3.05) is 29.5 Å². The van der Waals surface area contributed by atoms with Crippen molar-refractivity contribution < 1.29 is 8.42 Å². The molecule has 4 nitrogen and oxygen atoms in total. The third-order valence-corrected chi connectivity index (χ3v) is 5.15. The van der Waals surface area contributed by atoms with Crippen LogP contribution in [0.15, 0.2) is 30.5 Å². The van der Waals surface area contributed by atoms with E-state index >= 15 is 0 Å². The fraction of sp³-hybridized carbons (Fsp3) is 0.357. The van der Waals surface area contributed by atoms with E-state index in [1.54, 1.807) is 6.20 Å². The van der Waals surface area contributed by atoms with Crippen LogP contribution >= 0.6 is 0 Å². The molecule has 2 heterocycles. The highest BCUT2D eigenvalue weighted by Crippen LogP contribution is 2.26. The molecule has 2 aromatic rings. The Morgan fingerprint density at radius 1 is 1.16 bits per heavy atom. The van der Waals surface area contributed by atoms with E-state index in [0.717, 1.165) is 16.6 Å². The standard InChI is InChI=1S/C14H16N2O2S/c1-11-2-3-12-4-5-15-14(13(12)10-11)16-6-8-19(17,18)9-7-16/h2-5,10H,6-9H2,1H3. The number of hydrogen-bond donors (Lipinski definition) is 0. The van der Waals surface area contributed by atoms with Crippen LogP contribution in [0.3, 0.4) is 0 Å². The van der Waals surface area contributed by atoms with Crippen LogP contribution in [0.2, 0.25) is 0 Å². The summed E-state index contributed by atoms with van der Waals surface area (Å²) in [6.07, 6.45) is 1.79. The third kappa shape index (κ3) is 2.42. The van der Waals surface area contributed by atoms with Crippen LogP contribution in [0.5, 0.6) is 0 Å². The second-order valence-corrected chi connectivity index (χ2v) is 7.30. The van der Waals surface area contributed by atoms with Gasteiger partial charge < -0.3 is 4.90 Å². The zero-order chi connectivity index (χ0) is 13.5. The number of hydrogen-bond acceptors (Lipinski definition) is 4. The molecule has 1 saturated heterocycles. The minimum atomic E-state index is -2.85. The van der Waals surface area contributed by atoms with E-state index in [4.69, 9.17) is 0 Å². The molecule has 0 radical (unpaired) electrons. The number of fused-ring (bicyclic) bond motifs is 1. The van der Waals surface area contributed by atoms with Crippen molar-refractivity contribution in [2.24, 2.45) is 0 Å². The maximum absolute atomic E-state index is 11.5. The summed E-state index contributed by atoms with van der Waals surface area (Å²) in [4.78, 5) is 6.52. The number of pyridine rings is 1. The van der Waals surface area contributed by atoms with Gasteiger partial charge in [0.05, 0.1) is 11.5 Å². The molecule has 1 aliphatic rings. The second kappa shape index (κ2) is 4.49. The molecule has 1 aliphatic heterocycles. The Bertz CT molecular complexity index is 711. The molecule has 19 heavy (non-hydrogen) atoms. The summed E-state index contributed by atoms with van der Waals surface area (Å²) in [5.74, 6) is 1.34. The predicted octanol–water partition coefficient (Wildman–Crippen LogP) is 1.78. The molecule has 1 fully saturated rings. The molecule has 0 bridgehead atoms. The Labute approximate surface area is 113 Å². The first kappa shape index (κ1) is 12.4. The molecule has 0 N–H and O–H groups in total. The van der Waals surface area contributed by atoms with Gasteiger partial charge in [0.25, 0.3) is 0 Å². The van der Waals surface area contributed by atoms with Crippen LogP contribution in [0.25, 0.3) is 10.8 Å². The Morgan fingerprint density at radius 2 is 1.89 bits per heavy atom. The molecule has 0 atom stereocenters. The molecule has 5 heteroatoms. The van der Waals surface area contributed by atoms with E-state index in [9.17, 15) is 8.42 Å². The fourth-order valence-electron chi connectivity index (χ4n) is 2.44. The summed E-state index contributed by atoms with van der Waals surface area (Å²) in [7, 11) is -2.85. The minimum Gasteiger partial charge on any atom is -0.354 e. The van der Waals surface area contributed by atoms with Crippen LogP contribution in [0.1, 0.15) is 5.56 Å². The summed E-state index contributed by atoms with van der Waals surface area (Å²) in [5.41, 5.74) is 1.19. The number of nitrogens with zero attached hydrogens (tertiary/aromatic N) is 2. The van der Waals surface area contributed by atoms with Gasteiger partial charge in [0.15, 0.2) is 9.84 Å². The highest BCUT2D eigenvalue weighted by molar-refractivity contribution is 7.91. The van der Waals surface area contributed by atoms with Crippen molar-refractivity contribution in [2.45, 2.75) is 6.92 Å². The Hall–Kier alpha value is -1.62. The quantitative estimate of drug-likeness (QED) is 0.796. The Morgan fingerprint density at radius 3 is 2.63 bits per heavy atom. The molecule has 0 amide bonds. The van der Waals surface area contributed by atoms with Crippen LogP contribution in [0.4, 0.5) is 5.82 Å². The van der Waals surface area contributed by atoms with Gasteiger partial charge in [-0.3, -0.25) is 0 Å². The Kier molecular flexibility index (Phi) is 2.93. The van der Waals surface area contributed by atoms with Crippen molar-refractivity contribution in [1.29, 1.82) is 0 Å². The summed E-state index contributed by atoms with van der Waals surface area (Å²) in [6, 6.07) is 8.25. The number of aryl methyl sites for hydroxylation is 1. The van der Waals surface area contributed by atoms with E-state index in [1.807, 2.05) is 6.07 Å². The lowest BCUT2D eigenvalue weighted by Crippen LogP contribution is -2.40. The molecule has 1 aromatic carbocycles. The number of aromatic nitrogens is 1. The molecule has 0 unspecified atom stereocenters. The van der Waals surface area contributed by atoms with E-state index < -0.39 is 9.84 Å². The van der Waals surface area contributed by atoms with Gasteiger partial charge in [-0.15, -0.1) is 0 Å². The highest BCUT2D eigenvalue weighted by atomic mass is 32.2. The van der Waals surface area contributed by atoms with Gasteiger partial charge in [0.1, 0.15) is 5.82 Å². The van der Waals surface area contributed by atoms with Crippen LogP contribution in [-0.4, -0.2) is 38.0 Å². The number of sulfone groups is 1. The molecule has 0 saturated carbocycles. The molecule has 0 aliphatic carbocycles. The lowest BCUT2D eigenvalue weighted by molar-refractivity contribution is 0.586. The Balaban J connectivity index is 2.03. The van der Waals surface area contributed by atoms with Gasteiger partial charge in [0.2, 0.25) is 0 Å². The zero-order valence-electron chi connectivity index (χ0n) is 10.8. The number of benzene rings is 1. The monoisotopic (exact) mass is 276 g/mol. The van der Waals surface area contributed by atoms with Crippen molar-refractivity contribution >= 4 is 26.4 Å². The first-order valence-corrected chi connectivity index (χ1v) is 8.18. The average Bonchev–Trinajstić information content (AvgIpc) is 2.38. The lowest BCUT2D eigenvalue weighted by atomic mass is 10.1. The maximum atomic E-state index is 11.5. The highest BCUT2D eigenvalue weighted by Gasteiger charge is 2.23. The summed E-state index contributed by atoms with van der Waals surface area (Å²) in [6.45, 7) is 3.11. The molecular formula is C14H16N2O2S. The summed E-state index contributed by atoms with van der Waals surface area (Å²) < 4.78 is 23.0. The van der Waals surface area contributed by atoms with Crippen LogP contribution in [0, 0.1) is 6.92 Å². The first-order valence-electron chi connectivity index (χ1n) is 6.36. The second-order valence-electron chi connectivity index (χ2n) is 5.00.